The zero-order chi connectivity index (χ0) is 14.9. The van der Waals surface area contributed by atoms with Gasteiger partial charge in [0, 0.05) is 5.02 Å². The van der Waals surface area contributed by atoms with E-state index in [1.54, 1.807) is 0 Å². The van der Waals surface area contributed by atoms with E-state index < -0.39 is 21.7 Å². The van der Waals surface area contributed by atoms with Gasteiger partial charge in [0.25, 0.3) is 10.0 Å². The standard InChI is InChI=1S/C12H7BrClF2NO2S/c13-11-2-1-10(6-12(11)16)20(18,19)17-9-4-7(14)3-8(15)5-9/h1-6,17H. The number of anilines is 1. The topological polar surface area (TPSA) is 46.2 Å². The zero-order valence-corrected chi connectivity index (χ0v) is 12.9. The summed E-state index contributed by atoms with van der Waals surface area (Å²) in [5, 5.41) is 0.0460. The minimum absolute atomic E-state index is 0.0432. The average molecular weight is 383 g/mol. The number of benzene rings is 2. The Morgan fingerprint density at radius 3 is 2.40 bits per heavy atom. The van der Waals surface area contributed by atoms with E-state index in [1.807, 2.05) is 0 Å². The molecule has 2 rings (SSSR count). The number of sulfonamides is 1. The minimum atomic E-state index is -4.02. The van der Waals surface area contributed by atoms with Crippen molar-refractivity contribution in [3.8, 4) is 0 Å². The molecule has 0 aliphatic rings. The molecule has 0 fully saturated rings. The lowest BCUT2D eigenvalue weighted by Gasteiger charge is -2.09. The third kappa shape index (κ3) is 3.47. The highest BCUT2D eigenvalue weighted by atomic mass is 79.9. The molecule has 2 aromatic rings. The summed E-state index contributed by atoms with van der Waals surface area (Å²) >= 11 is 8.55. The Labute approximate surface area is 127 Å². The van der Waals surface area contributed by atoms with Gasteiger partial charge in [0.05, 0.1) is 15.1 Å². The van der Waals surface area contributed by atoms with Crippen molar-refractivity contribution >= 4 is 43.2 Å². The molecule has 0 atom stereocenters. The van der Waals surface area contributed by atoms with Crippen LogP contribution in [0.2, 0.25) is 5.02 Å². The zero-order valence-electron chi connectivity index (χ0n) is 9.70. The van der Waals surface area contributed by atoms with Gasteiger partial charge in [-0.1, -0.05) is 11.6 Å². The maximum atomic E-state index is 13.4. The van der Waals surface area contributed by atoms with E-state index in [4.69, 9.17) is 11.6 Å². The number of hydrogen-bond acceptors (Lipinski definition) is 2. The van der Waals surface area contributed by atoms with Crippen LogP contribution in [0.15, 0.2) is 45.8 Å². The molecule has 0 aliphatic heterocycles. The smallest absolute Gasteiger partial charge is 0.261 e. The molecule has 20 heavy (non-hydrogen) atoms. The summed E-state index contributed by atoms with van der Waals surface area (Å²) in [6.07, 6.45) is 0. The Hall–Kier alpha value is -1.18. The molecule has 0 unspecified atom stereocenters. The Balaban J connectivity index is 2.37. The van der Waals surface area contributed by atoms with Gasteiger partial charge in [-0.15, -0.1) is 0 Å². The first-order chi connectivity index (χ1) is 9.28. The quantitative estimate of drug-likeness (QED) is 0.865. The molecular weight excluding hydrogens is 376 g/mol. The van der Waals surface area contributed by atoms with Crippen molar-refractivity contribution in [2.45, 2.75) is 4.90 Å². The fourth-order valence-electron chi connectivity index (χ4n) is 1.47. The molecule has 0 bridgehead atoms. The van der Waals surface area contributed by atoms with Crippen LogP contribution < -0.4 is 4.72 Å². The molecular formula is C12H7BrClF2NO2S. The summed E-state index contributed by atoms with van der Waals surface area (Å²) in [6, 6.07) is 6.60. The van der Waals surface area contributed by atoms with E-state index in [0.717, 1.165) is 18.2 Å². The first-order valence-corrected chi connectivity index (χ1v) is 7.87. The lowest BCUT2D eigenvalue weighted by molar-refractivity contribution is 0.593. The summed E-state index contributed by atoms with van der Waals surface area (Å²) in [4.78, 5) is -0.279. The third-order valence-electron chi connectivity index (χ3n) is 2.32. The van der Waals surface area contributed by atoms with Crippen molar-refractivity contribution in [2.75, 3.05) is 4.72 Å². The van der Waals surface area contributed by atoms with Crippen LogP contribution in [0.25, 0.3) is 0 Å². The maximum Gasteiger partial charge on any atom is 0.261 e. The Kier molecular flexibility index (Phi) is 4.31. The molecule has 0 radical (unpaired) electrons. The highest BCUT2D eigenvalue weighted by molar-refractivity contribution is 9.10. The van der Waals surface area contributed by atoms with Crippen LogP contribution in [-0.4, -0.2) is 8.42 Å². The van der Waals surface area contributed by atoms with Crippen LogP contribution in [-0.2, 0) is 10.0 Å². The Bertz CT molecular complexity index is 748. The second-order valence-electron chi connectivity index (χ2n) is 3.84. The van der Waals surface area contributed by atoms with Crippen LogP contribution in [0.5, 0.6) is 0 Å². The van der Waals surface area contributed by atoms with E-state index in [-0.39, 0.29) is 20.1 Å². The van der Waals surface area contributed by atoms with Crippen molar-refractivity contribution in [2.24, 2.45) is 0 Å². The average Bonchev–Trinajstić information content (AvgIpc) is 2.30. The summed E-state index contributed by atoms with van der Waals surface area (Å²) < 4.78 is 52.8. The Morgan fingerprint density at radius 2 is 1.80 bits per heavy atom. The molecule has 3 nitrogen and oxygen atoms in total. The van der Waals surface area contributed by atoms with Crippen LogP contribution >= 0.6 is 27.5 Å². The largest absolute Gasteiger partial charge is 0.279 e. The molecule has 0 heterocycles. The molecule has 0 aromatic heterocycles. The monoisotopic (exact) mass is 381 g/mol. The predicted molar refractivity (Wildman–Crippen MR) is 76.3 cm³/mol. The molecule has 0 spiro atoms. The molecule has 106 valence electrons. The van der Waals surface area contributed by atoms with E-state index in [0.29, 0.717) is 0 Å². The van der Waals surface area contributed by atoms with Crippen molar-refractivity contribution in [1.29, 1.82) is 0 Å². The maximum absolute atomic E-state index is 13.4. The van der Waals surface area contributed by atoms with Gasteiger partial charge in [-0.05, 0) is 52.3 Å². The van der Waals surface area contributed by atoms with Gasteiger partial charge in [-0.25, -0.2) is 17.2 Å². The van der Waals surface area contributed by atoms with Gasteiger partial charge in [0.15, 0.2) is 0 Å². The van der Waals surface area contributed by atoms with Gasteiger partial charge >= 0.3 is 0 Å². The summed E-state index contributed by atoms with van der Waals surface area (Å²) in [7, 11) is -4.02. The lowest BCUT2D eigenvalue weighted by atomic mass is 10.3. The fraction of sp³-hybridized carbons (Fsp3) is 0. The van der Waals surface area contributed by atoms with E-state index in [9.17, 15) is 17.2 Å². The Morgan fingerprint density at radius 1 is 1.10 bits per heavy atom. The van der Waals surface area contributed by atoms with Crippen LogP contribution in [0.3, 0.4) is 0 Å². The van der Waals surface area contributed by atoms with Crippen LogP contribution in [0.1, 0.15) is 0 Å². The van der Waals surface area contributed by atoms with Crippen molar-refractivity contribution in [3.05, 3.63) is 57.5 Å². The van der Waals surface area contributed by atoms with E-state index in [2.05, 4.69) is 20.7 Å². The first kappa shape index (κ1) is 15.2. The molecule has 0 aliphatic carbocycles. The number of rotatable bonds is 3. The second-order valence-corrected chi connectivity index (χ2v) is 6.81. The summed E-state index contributed by atoms with van der Waals surface area (Å²) in [6.45, 7) is 0. The summed E-state index contributed by atoms with van der Waals surface area (Å²) in [5.41, 5.74) is -0.0432. The van der Waals surface area contributed by atoms with Gasteiger partial charge in [0.1, 0.15) is 11.6 Å². The molecule has 0 saturated heterocycles. The number of hydrogen-bond donors (Lipinski definition) is 1. The molecule has 2 aromatic carbocycles. The normalized spacial score (nSPS) is 11.4. The van der Waals surface area contributed by atoms with Gasteiger partial charge in [-0.3, -0.25) is 4.72 Å². The van der Waals surface area contributed by atoms with Crippen molar-refractivity contribution < 1.29 is 17.2 Å². The highest BCUT2D eigenvalue weighted by Gasteiger charge is 2.16. The number of halogens is 4. The molecule has 0 amide bonds. The first-order valence-electron chi connectivity index (χ1n) is 5.22. The van der Waals surface area contributed by atoms with Gasteiger partial charge in [0.2, 0.25) is 0 Å². The summed E-state index contributed by atoms with van der Waals surface area (Å²) in [5.74, 6) is -1.40. The van der Waals surface area contributed by atoms with Gasteiger partial charge in [-0.2, -0.15) is 0 Å². The van der Waals surface area contributed by atoms with Gasteiger partial charge < -0.3 is 0 Å². The second kappa shape index (κ2) is 5.67. The van der Waals surface area contributed by atoms with Crippen molar-refractivity contribution in [3.63, 3.8) is 0 Å². The number of nitrogens with one attached hydrogen (secondary N) is 1. The molecule has 1 N–H and O–H groups in total. The fourth-order valence-corrected chi connectivity index (χ4v) is 2.99. The minimum Gasteiger partial charge on any atom is -0.279 e. The lowest BCUT2D eigenvalue weighted by Crippen LogP contribution is -2.13. The SMILES string of the molecule is O=S(=O)(Nc1cc(F)cc(Cl)c1)c1ccc(Br)c(F)c1. The van der Waals surface area contributed by atoms with Crippen molar-refractivity contribution in [1.82, 2.24) is 0 Å². The molecule has 0 saturated carbocycles. The third-order valence-corrected chi connectivity index (χ3v) is 4.56. The van der Waals surface area contributed by atoms with E-state index in [1.165, 1.54) is 18.2 Å². The van der Waals surface area contributed by atoms with E-state index >= 15 is 0 Å². The van der Waals surface area contributed by atoms with Crippen LogP contribution in [0.4, 0.5) is 14.5 Å². The predicted octanol–water partition coefficient (Wildman–Crippen LogP) is 4.18. The molecule has 8 heteroatoms. The van der Waals surface area contributed by atoms with Crippen LogP contribution in [0, 0.1) is 11.6 Å². The highest BCUT2D eigenvalue weighted by Crippen LogP contribution is 2.23.